The minimum atomic E-state index is -0.653. The fourth-order valence-corrected chi connectivity index (χ4v) is 3.92. The van der Waals surface area contributed by atoms with Gasteiger partial charge < -0.3 is 15.5 Å². The number of nitrogens with zero attached hydrogens (tertiary/aromatic N) is 3. The summed E-state index contributed by atoms with van der Waals surface area (Å²) in [7, 11) is 0. The third-order valence-corrected chi connectivity index (χ3v) is 5.54. The van der Waals surface area contributed by atoms with E-state index in [0.29, 0.717) is 35.4 Å². The van der Waals surface area contributed by atoms with E-state index in [4.69, 9.17) is 0 Å². The second-order valence-electron chi connectivity index (χ2n) is 7.65. The molecule has 0 aliphatic carbocycles. The van der Waals surface area contributed by atoms with Gasteiger partial charge in [-0.1, -0.05) is 12.1 Å². The number of fused-ring (bicyclic) bond motifs is 2. The minimum Gasteiger partial charge on any atom is -0.334 e. The molecule has 0 saturated heterocycles. The van der Waals surface area contributed by atoms with Crippen molar-refractivity contribution in [2.24, 2.45) is 0 Å². The highest BCUT2D eigenvalue weighted by molar-refractivity contribution is 6.00. The van der Waals surface area contributed by atoms with Gasteiger partial charge in [0.15, 0.2) is 0 Å². The van der Waals surface area contributed by atoms with Crippen molar-refractivity contribution >= 4 is 34.3 Å². The van der Waals surface area contributed by atoms with E-state index in [0.717, 1.165) is 11.1 Å². The van der Waals surface area contributed by atoms with Crippen molar-refractivity contribution in [2.45, 2.75) is 13.0 Å². The fourth-order valence-electron chi connectivity index (χ4n) is 3.92. The summed E-state index contributed by atoms with van der Waals surface area (Å²) >= 11 is 0. The van der Waals surface area contributed by atoms with E-state index in [-0.39, 0.29) is 12.1 Å². The first-order valence-electron chi connectivity index (χ1n) is 10.2. The second kappa shape index (κ2) is 8.30. The molecule has 0 atom stereocenters. The summed E-state index contributed by atoms with van der Waals surface area (Å²) in [5.74, 6) is -1.48. The Balaban J connectivity index is 1.32. The van der Waals surface area contributed by atoms with Gasteiger partial charge in [0, 0.05) is 30.5 Å². The Morgan fingerprint density at radius 2 is 1.73 bits per heavy atom. The molecule has 1 aliphatic rings. The summed E-state index contributed by atoms with van der Waals surface area (Å²) in [6.45, 7) is 0.639. The van der Waals surface area contributed by atoms with Gasteiger partial charge in [0.25, 0.3) is 5.91 Å². The molecule has 0 bridgehead atoms. The summed E-state index contributed by atoms with van der Waals surface area (Å²) in [4.78, 5) is 27.0. The molecule has 4 aromatic rings. The van der Waals surface area contributed by atoms with Gasteiger partial charge in [0.1, 0.15) is 22.7 Å². The van der Waals surface area contributed by atoms with Crippen molar-refractivity contribution in [3.63, 3.8) is 0 Å². The summed E-state index contributed by atoms with van der Waals surface area (Å²) in [6.07, 6.45) is 0.488. The number of carbonyl (C=O) groups is 2. The molecular weight excluding hydrogens is 430 g/mol. The lowest BCUT2D eigenvalue weighted by Crippen LogP contribution is -2.37. The molecule has 1 aliphatic heterocycles. The molecule has 166 valence electrons. The molecule has 0 radical (unpaired) electrons. The number of hydrogen-bond acceptors (Lipinski definition) is 4. The van der Waals surface area contributed by atoms with Crippen LogP contribution in [0, 0.1) is 11.6 Å². The SMILES string of the molecule is O=C(Nc1ccc(F)cc1)Nc1cccc2c1CCN(C(=O)c1cc3n[nH]nc3cc1F)C2. The van der Waals surface area contributed by atoms with Gasteiger partial charge in [-0.2, -0.15) is 15.4 Å². The Labute approximate surface area is 186 Å². The number of aromatic nitrogens is 3. The minimum absolute atomic E-state index is 0.0622. The molecule has 3 aromatic carbocycles. The molecule has 0 saturated carbocycles. The number of carbonyl (C=O) groups excluding carboxylic acids is 2. The smallest absolute Gasteiger partial charge is 0.323 e. The molecule has 8 nitrogen and oxygen atoms in total. The molecule has 1 aromatic heterocycles. The molecular formula is C23H18F2N6O2. The molecule has 3 N–H and O–H groups in total. The highest BCUT2D eigenvalue weighted by Crippen LogP contribution is 2.28. The van der Waals surface area contributed by atoms with E-state index in [1.807, 2.05) is 6.07 Å². The number of benzene rings is 3. The predicted octanol–water partition coefficient (Wildman–Crippen LogP) is 4.08. The molecule has 33 heavy (non-hydrogen) atoms. The third kappa shape index (κ3) is 4.10. The number of urea groups is 1. The zero-order chi connectivity index (χ0) is 22.9. The first kappa shape index (κ1) is 20.6. The van der Waals surface area contributed by atoms with E-state index < -0.39 is 23.6 Å². The maximum atomic E-state index is 14.5. The molecule has 3 amide bonds. The van der Waals surface area contributed by atoms with Crippen LogP contribution in [0.1, 0.15) is 21.5 Å². The topological polar surface area (TPSA) is 103 Å². The van der Waals surface area contributed by atoms with Crippen LogP contribution in [0.4, 0.5) is 25.0 Å². The lowest BCUT2D eigenvalue weighted by Gasteiger charge is -2.30. The summed E-state index contributed by atoms with van der Waals surface area (Å²) < 4.78 is 27.6. The summed E-state index contributed by atoms with van der Waals surface area (Å²) in [5, 5.41) is 15.6. The third-order valence-electron chi connectivity index (χ3n) is 5.54. The van der Waals surface area contributed by atoms with Crippen molar-refractivity contribution in [1.29, 1.82) is 0 Å². The Bertz CT molecular complexity index is 1370. The van der Waals surface area contributed by atoms with E-state index >= 15 is 0 Å². The number of amides is 3. The average Bonchev–Trinajstić information content (AvgIpc) is 3.26. The molecule has 2 heterocycles. The van der Waals surface area contributed by atoms with E-state index in [9.17, 15) is 18.4 Å². The first-order valence-corrected chi connectivity index (χ1v) is 10.2. The molecule has 0 unspecified atom stereocenters. The van der Waals surface area contributed by atoms with Gasteiger partial charge in [-0.25, -0.2) is 13.6 Å². The highest BCUT2D eigenvalue weighted by atomic mass is 19.1. The van der Waals surface area contributed by atoms with Crippen molar-refractivity contribution in [3.05, 3.63) is 82.9 Å². The monoisotopic (exact) mass is 448 g/mol. The maximum absolute atomic E-state index is 14.5. The van der Waals surface area contributed by atoms with Crippen LogP contribution in [-0.4, -0.2) is 38.8 Å². The van der Waals surface area contributed by atoms with E-state index in [1.54, 1.807) is 17.0 Å². The average molecular weight is 448 g/mol. The Kier molecular flexibility index (Phi) is 5.17. The van der Waals surface area contributed by atoms with Crippen LogP contribution in [0.5, 0.6) is 0 Å². The zero-order valence-electron chi connectivity index (χ0n) is 17.2. The largest absolute Gasteiger partial charge is 0.334 e. The first-order chi connectivity index (χ1) is 16.0. The summed E-state index contributed by atoms with van der Waals surface area (Å²) in [6, 6.07) is 13.0. The zero-order valence-corrected chi connectivity index (χ0v) is 17.2. The molecule has 5 rings (SSSR count). The Hall–Kier alpha value is -4.34. The fraction of sp³-hybridized carbons (Fsp3) is 0.130. The second-order valence-corrected chi connectivity index (χ2v) is 7.65. The van der Waals surface area contributed by atoms with Crippen molar-refractivity contribution < 1.29 is 18.4 Å². The standard InChI is InChI=1S/C23H18F2N6O2/c24-14-4-6-15(7-5-14)26-23(33)27-19-3-1-2-13-12-31(9-8-16(13)19)22(32)17-10-20-21(11-18(17)25)29-30-28-20/h1-7,10-11H,8-9,12H2,(H2,26,27,33)(H,28,29,30). The quantitative estimate of drug-likeness (QED) is 0.439. The number of nitrogens with one attached hydrogen (secondary N) is 3. The Morgan fingerprint density at radius 3 is 2.52 bits per heavy atom. The number of anilines is 2. The van der Waals surface area contributed by atoms with Crippen LogP contribution >= 0.6 is 0 Å². The molecule has 10 heteroatoms. The van der Waals surface area contributed by atoms with Gasteiger partial charge >= 0.3 is 6.03 Å². The number of halogens is 2. The van der Waals surface area contributed by atoms with Gasteiger partial charge in [0.05, 0.1) is 5.56 Å². The molecule has 0 fully saturated rings. The van der Waals surface area contributed by atoms with Gasteiger partial charge in [-0.3, -0.25) is 4.79 Å². The molecule has 0 spiro atoms. The van der Waals surface area contributed by atoms with Crippen molar-refractivity contribution in [3.8, 4) is 0 Å². The number of hydrogen-bond donors (Lipinski definition) is 3. The van der Waals surface area contributed by atoms with E-state index in [2.05, 4.69) is 26.0 Å². The van der Waals surface area contributed by atoms with Crippen LogP contribution in [0.3, 0.4) is 0 Å². The van der Waals surface area contributed by atoms with Crippen molar-refractivity contribution in [1.82, 2.24) is 20.3 Å². The van der Waals surface area contributed by atoms with Crippen LogP contribution in [0.2, 0.25) is 0 Å². The number of aromatic amines is 1. The normalized spacial score (nSPS) is 13.0. The highest BCUT2D eigenvalue weighted by Gasteiger charge is 2.26. The summed E-state index contributed by atoms with van der Waals surface area (Å²) in [5.41, 5.74) is 3.54. The maximum Gasteiger partial charge on any atom is 0.323 e. The number of rotatable bonds is 3. The van der Waals surface area contributed by atoms with Crippen molar-refractivity contribution in [2.75, 3.05) is 17.2 Å². The van der Waals surface area contributed by atoms with Gasteiger partial charge in [0.2, 0.25) is 0 Å². The van der Waals surface area contributed by atoms with Crippen LogP contribution < -0.4 is 10.6 Å². The Morgan fingerprint density at radius 1 is 0.970 bits per heavy atom. The number of H-pyrrole nitrogens is 1. The van der Waals surface area contributed by atoms with Gasteiger partial charge in [-0.05, 0) is 53.9 Å². The van der Waals surface area contributed by atoms with Crippen LogP contribution in [-0.2, 0) is 13.0 Å². The van der Waals surface area contributed by atoms with Crippen LogP contribution in [0.25, 0.3) is 11.0 Å². The lowest BCUT2D eigenvalue weighted by molar-refractivity contribution is 0.0730. The van der Waals surface area contributed by atoms with Crippen LogP contribution in [0.15, 0.2) is 54.6 Å². The lowest BCUT2D eigenvalue weighted by atomic mass is 9.97. The van der Waals surface area contributed by atoms with E-state index in [1.165, 1.54) is 36.4 Å². The predicted molar refractivity (Wildman–Crippen MR) is 118 cm³/mol. The van der Waals surface area contributed by atoms with Gasteiger partial charge in [-0.15, -0.1) is 0 Å².